The molecule has 0 radical (unpaired) electrons. The van der Waals surface area contributed by atoms with Gasteiger partial charge in [0.25, 0.3) is 0 Å². The molecule has 1 nitrogen and oxygen atoms in total. The van der Waals surface area contributed by atoms with Gasteiger partial charge < -0.3 is 4.90 Å². The van der Waals surface area contributed by atoms with Crippen molar-refractivity contribution >= 4 is 23.0 Å². The van der Waals surface area contributed by atoms with E-state index in [2.05, 4.69) is 68.3 Å². The average Bonchev–Trinajstić information content (AvgIpc) is 2.37. The van der Waals surface area contributed by atoms with Crippen molar-refractivity contribution in [3.8, 4) is 0 Å². The molecule has 2 rings (SSSR count). The SMILES string of the molecule is Cc1cccc(N(C)c2ccc(CCl)cc2C)c1. The summed E-state index contributed by atoms with van der Waals surface area (Å²) >= 11 is 5.85. The van der Waals surface area contributed by atoms with Gasteiger partial charge >= 0.3 is 0 Å². The van der Waals surface area contributed by atoms with E-state index in [0.29, 0.717) is 5.88 Å². The Morgan fingerprint density at radius 1 is 1.06 bits per heavy atom. The van der Waals surface area contributed by atoms with Crippen LogP contribution in [0.15, 0.2) is 42.5 Å². The van der Waals surface area contributed by atoms with Crippen LogP contribution in [0.1, 0.15) is 16.7 Å². The molecule has 0 heterocycles. The Labute approximate surface area is 114 Å². The summed E-state index contributed by atoms with van der Waals surface area (Å²) in [6.45, 7) is 4.23. The molecule has 0 fully saturated rings. The van der Waals surface area contributed by atoms with Crippen LogP contribution < -0.4 is 4.90 Å². The van der Waals surface area contributed by atoms with E-state index < -0.39 is 0 Å². The van der Waals surface area contributed by atoms with Crippen LogP contribution in [0.4, 0.5) is 11.4 Å². The van der Waals surface area contributed by atoms with Crippen molar-refractivity contribution in [1.29, 1.82) is 0 Å². The van der Waals surface area contributed by atoms with Gasteiger partial charge in [0.1, 0.15) is 0 Å². The van der Waals surface area contributed by atoms with Gasteiger partial charge in [-0.05, 0) is 48.7 Å². The van der Waals surface area contributed by atoms with Crippen LogP contribution in [0.2, 0.25) is 0 Å². The van der Waals surface area contributed by atoms with Gasteiger partial charge in [-0.1, -0.05) is 24.3 Å². The molecule has 2 aromatic carbocycles. The van der Waals surface area contributed by atoms with Crippen LogP contribution in [0, 0.1) is 13.8 Å². The van der Waals surface area contributed by atoms with Crippen LogP contribution in [-0.2, 0) is 5.88 Å². The lowest BCUT2D eigenvalue weighted by atomic mass is 10.1. The number of aryl methyl sites for hydroxylation is 2. The lowest BCUT2D eigenvalue weighted by Gasteiger charge is -2.22. The second-order valence-electron chi connectivity index (χ2n) is 4.65. The van der Waals surface area contributed by atoms with E-state index >= 15 is 0 Å². The maximum atomic E-state index is 5.85. The molecule has 0 amide bonds. The van der Waals surface area contributed by atoms with E-state index in [9.17, 15) is 0 Å². The first kappa shape index (κ1) is 13.0. The number of hydrogen-bond donors (Lipinski definition) is 0. The van der Waals surface area contributed by atoms with Crippen LogP contribution in [0.5, 0.6) is 0 Å². The van der Waals surface area contributed by atoms with E-state index in [1.54, 1.807) is 0 Å². The van der Waals surface area contributed by atoms with Crippen molar-refractivity contribution in [2.24, 2.45) is 0 Å². The van der Waals surface area contributed by atoms with E-state index in [-0.39, 0.29) is 0 Å². The Bertz CT molecular complexity index is 549. The second-order valence-corrected chi connectivity index (χ2v) is 4.92. The molecule has 0 saturated heterocycles. The molecule has 0 bridgehead atoms. The monoisotopic (exact) mass is 259 g/mol. The quantitative estimate of drug-likeness (QED) is 0.715. The molecule has 0 aliphatic rings. The predicted octanol–water partition coefficient (Wildman–Crippen LogP) is 4.81. The lowest BCUT2D eigenvalue weighted by molar-refractivity contribution is 1.17. The molecule has 18 heavy (non-hydrogen) atoms. The van der Waals surface area contributed by atoms with Gasteiger partial charge in [-0.3, -0.25) is 0 Å². The molecule has 0 unspecified atom stereocenters. The largest absolute Gasteiger partial charge is 0.344 e. The fourth-order valence-electron chi connectivity index (χ4n) is 2.15. The number of alkyl halides is 1. The smallest absolute Gasteiger partial charge is 0.0474 e. The van der Waals surface area contributed by atoms with Crippen molar-refractivity contribution in [1.82, 2.24) is 0 Å². The molecule has 0 aliphatic carbocycles. The summed E-state index contributed by atoms with van der Waals surface area (Å²) in [5.41, 5.74) is 6.10. The van der Waals surface area contributed by atoms with Crippen LogP contribution in [0.3, 0.4) is 0 Å². The van der Waals surface area contributed by atoms with Gasteiger partial charge in [0.15, 0.2) is 0 Å². The molecular formula is C16H18ClN. The summed E-state index contributed by atoms with van der Waals surface area (Å²) in [4.78, 5) is 2.21. The Balaban J connectivity index is 2.37. The summed E-state index contributed by atoms with van der Waals surface area (Å²) in [6, 6.07) is 14.9. The van der Waals surface area contributed by atoms with Crippen molar-refractivity contribution in [2.45, 2.75) is 19.7 Å². The fourth-order valence-corrected chi connectivity index (χ4v) is 2.32. The van der Waals surface area contributed by atoms with Gasteiger partial charge in [0, 0.05) is 24.3 Å². The highest BCUT2D eigenvalue weighted by Crippen LogP contribution is 2.28. The number of anilines is 2. The highest BCUT2D eigenvalue weighted by atomic mass is 35.5. The van der Waals surface area contributed by atoms with Crippen molar-refractivity contribution in [3.05, 3.63) is 59.2 Å². The molecule has 94 valence electrons. The van der Waals surface area contributed by atoms with E-state index in [1.165, 1.54) is 22.5 Å². The molecule has 0 saturated carbocycles. The first-order chi connectivity index (χ1) is 8.61. The third-order valence-electron chi connectivity index (χ3n) is 3.17. The third kappa shape index (κ3) is 2.68. The Kier molecular flexibility index (Phi) is 3.93. The summed E-state index contributed by atoms with van der Waals surface area (Å²) in [7, 11) is 2.09. The van der Waals surface area contributed by atoms with Gasteiger partial charge in [-0.15, -0.1) is 11.6 Å². The second kappa shape index (κ2) is 5.45. The third-order valence-corrected chi connectivity index (χ3v) is 3.47. The standard InChI is InChI=1S/C16H18ClN/c1-12-5-4-6-15(9-12)18(3)16-8-7-14(11-17)10-13(16)2/h4-10H,11H2,1-3H3. The lowest BCUT2D eigenvalue weighted by Crippen LogP contribution is -2.11. The van der Waals surface area contributed by atoms with Gasteiger partial charge in [-0.2, -0.15) is 0 Å². The number of halogens is 1. The number of benzene rings is 2. The van der Waals surface area contributed by atoms with Crippen LogP contribution in [-0.4, -0.2) is 7.05 Å². The van der Waals surface area contributed by atoms with Gasteiger partial charge in [-0.25, -0.2) is 0 Å². The molecule has 0 N–H and O–H groups in total. The number of nitrogens with zero attached hydrogens (tertiary/aromatic N) is 1. The zero-order valence-corrected chi connectivity index (χ0v) is 11.8. The first-order valence-electron chi connectivity index (χ1n) is 6.07. The summed E-state index contributed by atoms with van der Waals surface area (Å²) in [5, 5.41) is 0. The molecule has 0 aliphatic heterocycles. The topological polar surface area (TPSA) is 3.24 Å². The molecule has 2 aromatic rings. The minimum Gasteiger partial charge on any atom is -0.344 e. The van der Waals surface area contributed by atoms with Crippen molar-refractivity contribution in [3.63, 3.8) is 0 Å². The van der Waals surface area contributed by atoms with E-state index in [1.807, 2.05) is 0 Å². The summed E-state index contributed by atoms with van der Waals surface area (Å²) < 4.78 is 0. The first-order valence-corrected chi connectivity index (χ1v) is 6.61. The van der Waals surface area contributed by atoms with Crippen molar-refractivity contribution < 1.29 is 0 Å². The molecule has 0 spiro atoms. The average molecular weight is 260 g/mol. The molecule has 0 aromatic heterocycles. The Morgan fingerprint density at radius 2 is 1.83 bits per heavy atom. The maximum absolute atomic E-state index is 5.85. The van der Waals surface area contributed by atoms with Crippen LogP contribution in [0.25, 0.3) is 0 Å². The fraction of sp³-hybridized carbons (Fsp3) is 0.250. The van der Waals surface area contributed by atoms with E-state index in [4.69, 9.17) is 11.6 Å². The highest BCUT2D eigenvalue weighted by Gasteiger charge is 2.07. The highest BCUT2D eigenvalue weighted by molar-refractivity contribution is 6.17. The summed E-state index contributed by atoms with van der Waals surface area (Å²) in [6.07, 6.45) is 0. The minimum absolute atomic E-state index is 0.565. The van der Waals surface area contributed by atoms with E-state index in [0.717, 1.165) is 5.56 Å². The maximum Gasteiger partial charge on any atom is 0.0474 e. The Morgan fingerprint density at radius 3 is 2.44 bits per heavy atom. The number of hydrogen-bond acceptors (Lipinski definition) is 1. The van der Waals surface area contributed by atoms with Crippen LogP contribution >= 0.6 is 11.6 Å². The zero-order chi connectivity index (χ0) is 13.1. The zero-order valence-electron chi connectivity index (χ0n) is 11.1. The van der Waals surface area contributed by atoms with Gasteiger partial charge in [0.2, 0.25) is 0 Å². The van der Waals surface area contributed by atoms with Crippen molar-refractivity contribution in [2.75, 3.05) is 11.9 Å². The van der Waals surface area contributed by atoms with Gasteiger partial charge in [0.05, 0.1) is 0 Å². The normalized spacial score (nSPS) is 10.4. The molecule has 2 heteroatoms. The Hall–Kier alpha value is -1.47. The minimum atomic E-state index is 0.565. The molecule has 0 atom stereocenters. The predicted molar refractivity (Wildman–Crippen MR) is 80.0 cm³/mol. The molecular weight excluding hydrogens is 242 g/mol. The number of rotatable bonds is 3. The summed E-state index contributed by atoms with van der Waals surface area (Å²) in [5.74, 6) is 0.565.